The topological polar surface area (TPSA) is 20.2 Å². The molecule has 96 valence electrons. The van der Waals surface area contributed by atoms with Crippen molar-refractivity contribution in [2.45, 2.75) is 39.4 Å². The fraction of sp³-hybridized carbons (Fsp3) is 0.375. The number of rotatable bonds is 3. The molecule has 0 unspecified atom stereocenters. The molecule has 0 heterocycles. The Labute approximate surface area is 111 Å². The highest BCUT2D eigenvalue weighted by molar-refractivity contribution is 6.89. The van der Waals surface area contributed by atoms with E-state index in [0.29, 0.717) is 5.75 Å². The molecular weight excluding hydrogens is 236 g/mol. The molecule has 2 heteroatoms. The molecule has 1 aliphatic rings. The summed E-state index contributed by atoms with van der Waals surface area (Å²) < 4.78 is 0. The van der Waals surface area contributed by atoms with E-state index in [2.05, 4.69) is 56.9 Å². The van der Waals surface area contributed by atoms with E-state index < -0.39 is 8.07 Å². The van der Waals surface area contributed by atoms with Crippen LogP contribution >= 0.6 is 0 Å². The molecule has 1 aromatic rings. The van der Waals surface area contributed by atoms with Gasteiger partial charge < -0.3 is 5.11 Å². The van der Waals surface area contributed by atoms with Crippen molar-refractivity contribution in [3.63, 3.8) is 0 Å². The van der Waals surface area contributed by atoms with Gasteiger partial charge in [0.05, 0.1) is 8.07 Å². The highest BCUT2D eigenvalue weighted by atomic mass is 28.3. The second-order valence-electron chi connectivity index (χ2n) is 6.16. The molecule has 0 fully saturated rings. The lowest BCUT2D eigenvalue weighted by molar-refractivity contribution is 0.473. The van der Waals surface area contributed by atoms with E-state index in [-0.39, 0.29) is 0 Å². The third-order valence-corrected chi connectivity index (χ3v) is 5.38. The van der Waals surface area contributed by atoms with Crippen LogP contribution in [0.2, 0.25) is 19.6 Å². The normalized spacial score (nSPS) is 15.0. The van der Waals surface area contributed by atoms with Crippen LogP contribution in [0.1, 0.15) is 17.5 Å². The van der Waals surface area contributed by atoms with Gasteiger partial charge in [-0.1, -0.05) is 55.6 Å². The molecule has 18 heavy (non-hydrogen) atoms. The first-order chi connectivity index (χ1) is 8.38. The lowest BCUT2D eigenvalue weighted by Gasteiger charge is -2.21. The largest absolute Gasteiger partial charge is 0.508 e. The van der Waals surface area contributed by atoms with Crippen LogP contribution in [0.3, 0.4) is 0 Å². The standard InChI is InChI=1S/C16H22OSi/c1-12-9-14(11-13-7-5-6-8-13)16(17)15(10-12)18(2,3)4/h5,7-10,17H,6,11H2,1-4H3. The van der Waals surface area contributed by atoms with Crippen molar-refractivity contribution >= 4 is 13.3 Å². The first-order valence-electron chi connectivity index (χ1n) is 6.56. The second-order valence-corrected chi connectivity index (χ2v) is 11.2. The van der Waals surface area contributed by atoms with Crippen LogP contribution in [0.4, 0.5) is 0 Å². The molecule has 1 aromatic carbocycles. The fourth-order valence-corrected chi connectivity index (χ4v) is 3.95. The van der Waals surface area contributed by atoms with Crippen molar-refractivity contribution < 1.29 is 5.11 Å². The van der Waals surface area contributed by atoms with Crippen molar-refractivity contribution in [2.24, 2.45) is 0 Å². The summed E-state index contributed by atoms with van der Waals surface area (Å²) in [6.45, 7) is 8.95. The van der Waals surface area contributed by atoms with Crippen LogP contribution in [0.15, 0.2) is 35.9 Å². The number of phenols is 1. The Bertz CT molecular complexity index is 519. The smallest absolute Gasteiger partial charge is 0.118 e. The molecule has 0 saturated heterocycles. The van der Waals surface area contributed by atoms with Crippen molar-refractivity contribution in [2.75, 3.05) is 0 Å². The van der Waals surface area contributed by atoms with Gasteiger partial charge in [0.1, 0.15) is 5.75 Å². The van der Waals surface area contributed by atoms with Crippen molar-refractivity contribution in [3.8, 4) is 5.75 Å². The summed E-state index contributed by atoms with van der Waals surface area (Å²) in [6.07, 6.45) is 8.44. The van der Waals surface area contributed by atoms with Crippen LogP contribution in [-0.2, 0) is 6.42 Å². The van der Waals surface area contributed by atoms with E-state index in [1.807, 2.05) is 0 Å². The van der Waals surface area contributed by atoms with Gasteiger partial charge in [-0.05, 0) is 29.7 Å². The minimum Gasteiger partial charge on any atom is -0.508 e. The number of hydrogen-bond acceptors (Lipinski definition) is 1. The Kier molecular flexibility index (Phi) is 3.49. The Hall–Kier alpha value is -1.28. The van der Waals surface area contributed by atoms with Crippen molar-refractivity contribution in [1.82, 2.24) is 0 Å². The van der Waals surface area contributed by atoms with Gasteiger partial charge in [0.25, 0.3) is 0 Å². The van der Waals surface area contributed by atoms with E-state index in [1.54, 1.807) is 0 Å². The predicted octanol–water partition coefficient (Wildman–Crippen LogP) is 3.67. The van der Waals surface area contributed by atoms with Gasteiger partial charge >= 0.3 is 0 Å². The quantitative estimate of drug-likeness (QED) is 0.820. The van der Waals surface area contributed by atoms with Gasteiger partial charge in [-0.3, -0.25) is 0 Å². The summed E-state index contributed by atoms with van der Waals surface area (Å²) in [5.41, 5.74) is 3.64. The summed E-state index contributed by atoms with van der Waals surface area (Å²) in [7, 11) is -1.48. The van der Waals surface area contributed by atoms with Crippen LogP contribution in [0, 0.1) is 6.92 Å². The summed E-state index contributed by atoms with van der Waals surface area (Å²) in [5.74, 6) is 0.529. The number of aryl methyl sites for hydroxylation is 1. The monoisotopic (exact) mass is 258 g/mol. The average Bonchev–Trinajstić information content (AvgIpc) is 2.74. The molecule has 0 saturated carbocycles. The van der Waals surface area contributed by atoms with E-state index in [9.17, 15) is 5.11 Å². The van der Waals surface area contributed by atoms with Crippen LogP contribution in [0.5, 0.6) is 5.75 Å². The van der Waals surface area contributed by atoms with Gasteiger partial charge in [-0.25, -0.2) is 0 Å². The number of aromatic hydroxyl groups is 1. The van der Waals surface area contributed by atoms with Crippen molar-refractivity contribution in [3.05, 3.63) is 47.1 Å². The maximum atomic E-state index is 10.5. The van der Waals surface area contributed by atoms with Gasteiger partial charge in [-0.2, -0.15) is 0 Å². The lowest BCUT2D eigenvalue weighted by atomic mass is 10.0. The highest BCUT2D eigenvalue weighted by Crippen LogP contribution is 2.25. The van der Waals surface area contributed by atoms with Crippen molar-refractivity contribution in [1.29, 1.82) is 0 Å². The summed E-state index contributed by atoms with van der Waals surface area (Å²) in [4.78, 5) is 0. The van der Waals surface area contributed by atoms with E-state index in [4.69, 9.17) is 0 Å². The lowest BCUT2D eigenvalue weighted by Crippen LogP contribution is -2.38. The average molecular weight is 258 g/mol. The molecule has 2 rings (SSSR count). The molecule has 0 spiro atoms. The van der Waals surface area contributed by atoms with Gasteiger partial charge in [0, 0.05) is 6.42 Å². The molecule has 1 N–H and O–H groups in total. The molecule has 0 aromatic heterocycles. The summed E-state index contributed by atoms with van der Waals surface area (Å²) in [5, 5.41) is 11.7. The van der Waals surface area contributed by atoms with Gasteiger partial charge in [-0.15, -0.1) is 0 Å². The molecule has 0 amide bonds. The maximum absolute atomic E-state index is 10.5. The Morgan fingerprint density at radius 1 is 1.22 bits per heavy atom. The highest BCUT2D eigenvalue weighted by Gasteiger charge is 2.22. The van der Waals surface area contributed by atoms with E-state index >= 15 is 0 Å². The first-order valence-corrected chi connectivity index (χ1v) is 10.1. The molecule has 0 aliphatic heterocycles. The number of allylic oxidation sites excluding steroid dienone is 4. The predicted molar refractivity (Wildman–Crippen MR) is 81.4 cm³/mol. The Morgan fingerprint density at radius 3 is 2.50 bits per heavy atom. The zero-order valence-electron chi connectivity index (χ0n) is 11.7. The minimum atomic E-state index is -1.48. The minimum absolute atomic E-state index is 0.529. The fourth-order valence-electron chi connectivity index (χ4n) is 2.42. The molecule has 1 aliphatic carbocycles. The molecular formula is C16H22OSi. The number of benzene rings is 1. The Balaban J connectivity index is 2.41. The van der Waals surface area contributed by atoms with E-state index in [1.165, 1.54) is 16.3 Å². The third-order valence-electron chi connectivity index (χ3n) is 3.38. The molecule has 0 atom stereocenters. The first kappa shape index (κ1) is 13.2. The SMILES string of the molecule is Cc1cc(CC2=CCC=C2)c(O)c([Si](C)(C)C)c1. The van der Waals surface area contributed by atoms with Crippen LogP contribution < -0.4 is 5.19 Å². The molecule has 0 bridgehead atoms. The molecule has 0 radical (unpaired) electrons. The second kappa shape index (κ2) is 4.77. The van der Waals surface area contributed by atoms with Gasteiger partial charge in [0.15, 0.2) is 0 Å². The number of phenolic OH excluding ortho intramolecular Hbond substituents is 1. The maximum Gasteiger partial charge on any atom is 0.118 e. The summed E-state index contributed by atoms with van der Waals surface area (Å²) in [6, 6.07) is 4.27. The summed E-state index contributed by atoms with van der Waals surface area (Å²) >= 11 is 0. The van der Waals surface area contributed by atoms with Gasteiger partial charge in [0.2, 0.25) is 0 Å². The van der Waals surface area contributed by atoms with Crippen LogP contribution in [-0.4, -0.2) is 13.2 Å². The van der Waals surface area contributed by atoms with E-state index in [0.717, 1.165) is 18.4 Å². The zero-order valence-corrected chi connectivity index (χ0v) is 12.7. The zero-order chi connectivity index (χ0) is 13.3. The Morgan fingerprint density at radius 2 is 1.94 bits per heavy atom. The third kappa shape index (κ3) is 2.75. The molecule has 1 nitrogen and oxygen atoms in total. The van der Waals surface area contributed by atoms with Crippen LogP contribution in [0.25, 0.3) is 0 Å². The number of hydrogen-bond donors (Lipinski definition) is 1.